The Labute approximate surface area is 117 Å². The maximum atomic E-state index is 11.4. The Kier molecular flexibility index (Phi) is 4.19. The number of piperidine rings is 1. The highest BCUT2D eigenvalue weighted by Gasteiger charge is 2.26. The number of hydrogen-bond acceptors (Lipinski definition) is 6. The van der Waals surface area contributed by atoms with Crippen LogP contribution >= 0.6 is 0 Å². The minimum atomic E-state index is -3.16. The molecule has 0 aliphatic carbocycles. The lowest BCUT2D eigenvalue weighted by atomic mass is 10.1. The van der Waals surface area contributed by atoms with Crippen molar-refractivity contribution in [2.45, 2.75) is 18.9 Å². The highest BCUT2D eigenvalue weighted by molar-refractivity contribution is 7.88. The molecule has 1 aromatic heterocycles. The second-order valence-corrected chi connectivity index (χ2v) is 6.69. The van der Waals surface area contributed by atoms with Gasteiger partial charge in [-0.05, 0) is 18.9 Å². The highest BCUT2D eigenvalue weighted by atomic mass is 32.2. The van der Waals surface area contributed by atoms with Gasteiger partial charge in [-0.2, -0.15) is 0 Å². The third-order valence-corrected chi connectivity index (χ3v) is 4.55. The van der Waals surface area contributed by atoms with Crippen molar-refractivity contribution in [3.63, 3.8) is 0 Å². The maximum Gasteiger partial charge on any atom is 0.311 e. The number of nitrogens with one attached hydrogen (secondary N) is 1. The fourth-order valence-electron chi connectivity index (χ4n) is 2.18. The Morgan fingerprint density at radius 1 is 1.45 bits per heavy atom. The standard InChI is InChI=1S/C11H16N4O4S/c1-20(18,19)14-7-4-9(5-8-14)13-11-10(15(16)17)3-2-6-12-11/h2-3,6,9H,4-5,7-8H2,1H3,(H,12,13). The zero-order valence-electron chi connectivity index (χ0n) is 11.0. The third-order valence-electron chi connectivity index (χ3n) is 3.25. The van der Waals surface area contributed by atoms with Crippen molar-refractivity contribution in [1.82, 2.24) is 9.29 Å². The molecule has 0 atom stereocenters. The number of aromatic nitrogens is 1. The van der Waals surface area contributed by atoms with Crippen LogP contribution in [0.4, 0.5) is 11.5 Å². The summed E-state index contributed by atoms with van der Waals surface area (Å²) in [6.07, 6.45) is 3.87. The normalized spacial score (nSPS) is 17.9. The molecule has 110 valence electrons. The number of anilines is 1. The first-order valence-electron chi connectivity index (χ1n) is 6.19. The van der Waals surface area contributed by atoms with Gasteiger partial charge in [0.15, 0.2) is 0 Å². The van der Waals surface area contributed by atoms with Gasteiger partial charge in [-0.3, -0.25) is 10.1 Å². The summed E-state index contributed by atoms with van der Waals surface area (Å²) < 4.78 is 24.2. The van der Waals surface area contributed by atoms with Gasteiger partial charge >= 0.3 is 5.69 Å². The largest absolute Gasteiger partial charge is 0.362 e. The summed E-state index contributed by atoms with van der Waals surface area (Å²) in [5.74, 6) is 0.232. The number of pyridine rings is 1. The number of nitro groups is 1. The molecule has 0 spiro atoms. The van der Waals surface area contributed by atoms with Crippen molar-refractivity contribution < 1.29 is 13.3 Å². The quantitative estimate of drug-likeness (QED) is 0.652. The fourth-order valence-corrected chi connectivity index (χ4v) is 3.05. The Morgan fingerprint density at radius 2 is 2.10 bits per heavy atom. The zero-order chi connectivity index (χ0) is 14.8. The average molecular weight is 300 g/mol. The molecular formula is C11H16N4O4S. The number of sulfonamides is 1. The van der Waals surface area contributed by atoms with Gasteiger partial charge < -0.3 is 5.32 Å². The van der Waals surface area contributed by atoms with E-state index >= 15 is 0 Å². The Morgan fingerprint density at radius 3 is 2.65 bits per heavy atom. The second-order valence-electron chi connectivity index (χ2n) is 4.71. The smallest absolute Gasteiger partial charge is 0.311 e. The van der Waals surface area contributed by atoms with E-state index in [-0.39, 0.29) is 17.5 Å². The molecule has 9 heteroatoms. The van der Waals surface area contributed by atoms with E-state index in [1.54, 1.807) is 0 Å². The molecule has 0 amide bonds. The summed E-state index contributed by atoms with van der Waals surface area (Å²) in [7, 11) is -3.16. The van der Waals surface area contributed by atoms with E-state index < -0.39 is 14.9 Å². The summed E-state index contributed by atoms with van der Waals surface area (Å²) in [5.41, 5.74) is -0.0713. The molecule has 8 nitrogen and oxygen atoms in total. The van der Waals surface area contributed by atoms with E-state index in [2.05, 4.69) is 10.3 Å². The van der Waals surface area contributed by atoms with Gasteiger partial charge in [0.05, 0.1) is 11.2 Å². The number of nitrogens with zero attached hydrogens (tertiary/aromatic N) is 3. The van der Waals surface area contributed by atoms with Gasteiger partial charge in [-0.1, -0.05) is 0 Å². The van der Waals surface area contributed by atoms with E-state index in [0.717, 1.165) is 0 Å². The van der Waals surface area contributed by atoms with Crippen LogP contribution in [0.25, 0.3) is 0 Å². The van der Waals surface area contributed by atoms with Crippen molar-refractivity contribution in [1.29, 1.82) is 0 Å². The summed E-state index contributed by atoms with van der Waals surface area (Å²) in [4.78, 5) is 14.4. The lowest BCUT2D eigenvalue weighted by molar-refractivity contribution is -0.384. The van der Waals surface area contributed by atoms with E-state index in [1.807, 2.05) is 0 Å². The average Bonchev–Trinajstić information content (AvgIpc) is 2.38. The third kappa shape index (κ3) is 3.42. The first kappa shape index (κ1) is 14.7. The van der Waals surface area contributed by atoms with E-state index in [1.165, 1.54) is 28.9 Å². The van der Waals surface area contributed by atoms with Gasteiger partial charge in [0.25, 0.3) is 0 Å². The molecule has 0 aromatic carbocycles. The van der Waals surface area contributed by atoms with Crippen molar-refractivity contribution in [3.8, 4) is 0 Å². The van der Waals surface area contributed by atoms with Crippen LogP contribution in [-0.2, 0) is 10.0 Å². The van der Waals surface area contributed by atoms with Crippen LogP contribution in [-0.4, -0.2) is 48.0 Å². The van der Waals surface area contributed by atoms with E-state index in [9.17, 15) is 18.5 Å². The van der Waals surface area contributed by atoms with Crippen LogP contribution in [0.2, 0.25) is 0 Å². The SMILES string of the molecule is CS(=O)(=O)N1CCC(Nc2ncccc2[N+](=O)[O-])CC1. The summed E-state index contributed by atoms with van der Waals surface area (Å²) >= 11 is 0. The lowest BCUT2D eigenvalue weighted by Gasteiger charge is -2.30. The van der Waals surface area contributed by atoms with Crippen LogP contribution in [0.5, 0.6) is 0 Å². The van der Waals surface area contributed by atoms with Crippen molar-refractivity contribution in [2.24, 2.45) is 0 Å². The molecule has 1 aliphatic rings. The molecular weight excluding hydrogens is 284 g/mol. The zero-order valence-corrected chi connectivity index (χ0v) is 11.8. The second kappa shape index (κ2) is 5.71. The predicted molar refractivity (Wildman–Crippen MR) is 74.0 cm³/mol. The number of hydrogen-bond donors (Lipinski definition) is 1. The Hall–Kier alpha value is -1.74. The van der Waals surface area contributed by atoms with E-state index in [0.29, 0.717) is 25.9 Å². The molecule has 1 aromatic rings. The summed E-state index contributed by atoms with van der Waals surface area (Å²) in [5, 5.41) is 13.9. The molecule has 2 heterocycles. The molecule has 1 aliphatic heterocycles. The Bertz CT molecular complexity index is 596. The number of rotatable bonds is 4. The molecule has 0 radical (unpaired) electrons. The molecule has 2 rings (SSSR count). The summed E-state index contributed by atoms with van der Waals surface area (Å²) in [6.45, 7) is 0.828. The minimum Gasteiger partial charge on any atom is -0.362 e. The molecule has 0 unspecified atom stereocenters. The van der Waals surface area contributed by atoms with Crippen LogP contribution in [0.3, 0.4) is 0 Å². The predicted octanol–water partition coefficient (Wildman–Crippen LogP) is 0.826. The topological polar surface area (TPSA) is 105 Å². The Balaban J connectivity index is 2.02. The lowest BCUT2D eigenvalue weighted by Crippen LogP contribution is -2.42. The molecule has 1 fully saturated rings. The van der Waals surface area contributed by atoms with Crippen molar-refractivity contribution >= 4 is 21.5 Å². The van der Waals surface area contributed by atoms with Gasteiger partial charge in [0.2, 0.25) is 15.8 Å². The molecule has 0 saturated carbocycles. The van der Waals surface area contributed by atoms with Crippen molar-refractivity contribution in [2.75, 3.05) is 24.7 Å². The first-order valence-corrected chi connectivity index (χ1v) is 8.04. The van der Waals surface area contributed by atoms with Crippen LogP contribution in [0, 0.1) is 10.1 Å². The van der Waals surface area contributed by atoms with Crippen molar-refractivity contribution in [3.05, 3.63) is 28.4 Å². The van der Waals surface area contributed by atoms with Crippen LogP contribution in [0.1, 0.15) is 12.8 Å². The van der Waals surface area contributed by atoms with Gasteiger partial charge in [0, 0.05) is 31.4 Å². The summed E-state index contributed by atoms with van der Waals surface area (Å²) in [6, 6.07) is 2.89. The monoisotopic (exact) mass is 300 g/mol. The highest BCUT2D eigenvalue weighted by Crippen LogP contribution is 2.24. The minimum absolute atomic E-state index is 0.0124. The maximum absolute atomic E-state index is 11.4. The molecule has 0 bridgehead atoms. The molecule has 1 saturated heterocycles. The van der Waals surface area contributed by atoms with Gasteiger partial charge in [-0.15, -0.1) is 0 Å². The molecule has 1 N–H and O–H groups in total. The van der Waals surface area contributed by atoms with Crippen LogP contribution < -0.4 is 5.32 Å². The van der Waals surface area contributed by atoms with E-state index in [4.69, 9.17) is 0 Å². The first-order chi connectivity index (χ1) is 9.38. The fraction of sp³-hybridized carbons (Fsp3) is 0.545. The van der Waals surface area contributed by atoms with Gasteiger partial charge in [0.1, 0.15) is 0 Å². The van der Waals surface area contributed by atoms with Crippen LogP contribution in [0.15, 0.2) is 18.3 Å². The molecule has 20 heavy (non-hydrogen) atoms. The van der Waals surface area contributed by atoms with Gasteiger partial charge in [-0.25, -0.2) is 17.7 Å².